The Morgan fingerprint density at radius 3 is 2.90 bits per heavy atom. The molecule has 20 heavy (non-hydrogen) atoms. The van der Waals surface area contributed by atoms with Gasteiger partial charge < -0.3 is 10.6 Å². The highest BCUT2D eigenvalue weighted by Gasteiger charge is 2.02. The summed E-state index contributed by atoms with van der Waals surface area (Å²) >= 11 is 1.70. The summed E-state index contributed by atoms with van der Waals surface area (Å²) in [5.74, 6) is 0.793. The molecule has 2 N–H and O–H groups in total. The van der Waals surface area contributed by atoms with E-state index in [-0.39, 0.29) is 0 Å². The molecule has 108 valence electrons. The molecule has 2 aromatic rings. The molecule has 0 saturated heterocycles. The summed E-state index contributed by atoms with van der Waals surface area (Å²) in [5.41, 5.74) is 1.08. The van der Waals surface area contributed by atoms with Crippen molar-refractivity contribution < 1.29 is 0 Å². The number of aromatic nitrogens is 3. The topological polar surface area (TPSA) is 67.1 Å². The van der Waals surface area contributed by atoms with E-state index in [1.54, 1.807) is 17.5 Å². The molecule has 2 rings (SSSR count). The van der Waals surface area contributed by atoms with Gasteiger partial charge in [-0.25, -0.2) is 9.98 Å². The van der Waals surface area contributed by atoms with Gasteiger partial charge >= 0.3 is 0 Å². The number of thiazole rings is 1. The molecule has 0 spiro atoms. The molecular formula is C13H20N6S. The van der Waals surface area contributed by atoms with E-state index in [2.05, 4.69) is 39.6 Å². The number of nitrogens with one attached hydrogen (secondary N) is 2. The Morgan fingerprint density at radius 2 is 2.30 bits per heavy atom. The van der Waals surface area contributed by atoms with Crippen LogP contribution < -0.4 is 10.6 Å². The van der Waals surface area contributed by atoms with E-state index >= 15 is 0 Å². The van der Waals surface area contributed by atoms with Gasteiger partial charge in [0.25, 0.3) is 0 Å². The van der Waals surface area contributed by atoms with Crippen LogP contribution in [0.15, 0.2) is 23.5 Å². The fraction of sp³-hybridized carbons (Fsp3) is 0.462. The number of aliphatic imine (C=N–C) groups is 1. The van der Waals surface area contributed by atoms with Gasteiger partial charge in [0, 0.05) is 30.9 Å². The molecule has 0 unspecified atom stereocenters. The highest BCUT2D eigenvalue weighted by atomic mass is 32.1. The fourth-order valence-electron chi connectivity index (χ4n) is 1.70. The van der Waals surface area contributed by atoms with Gasteiger partial charge in [-0.05, 0) is 19.9 Å². The maximum Gasteiger partial charge on any atom is 0.191 e. The first-order valence-electron chi connectivity index (χ1n) is 6.59. The third-order valence-corrected chi connectivity index (χ3v) is 3.65. The van der Waals surface area contributed by atoms with E-state index in [0.717, 1.165) is 23.2 Å². The number of hydrogen-bond donors (Lipinski definition) is 2. The van der Waals surface area contributed by atoms with Crippen LogP contribution in [0.5, 0.6) is 0 Å². The average molecular weight is 292 g/mol. The molecule has 0 radical (unpaired) electrons. The summed E-state index contributed by atoms with van der Waals surface area (Å²) in [7, 11) is 1.92. The predicted octanol–water partition coefficient (Wildman–Crippen LogP) is 1.44. The first kappa shape index (κ1) is 14.5. The standard InChI is InChI=1S/C13H20N6S/c1-4-14-13(16-8-11-5-6-18-19(11)3)17-9-12-15-7-10(2)20-12/h5-7H,4,8-9H2,1-3H3,(H2,14,16,17). The van der Waals surface area contributed by atoms with E-state index in [9.17, 15) is 0 Å². The number of rotatable bonds is 5. The molecule has 7 heteroatoms. The van der Waals surface area contributed by atoms with Crippen LogP contribution in [-0.2, 0) is 20.1 Å². The molecule has 2 heterocycles. The minimum Gasteiger partial charge on any atom is -0.357 e. The van der Waals surface area contributed by atoms with Gasteiger partial charge in [0.05, 0.1) is 18.8 Å². The average Bonchev–Trinajstić information content (AvgIpc) is 3.02. The lowest BCUT2D eigenvalue weighted by atomic mass is 10.4. The van der Waals surface area contributed by atoms with Crippen molar-refractivity contribution in [2.75, 3.05) is 6.54 Å². The second-order valence-corrected chi connectivity index (χ2v) is 5.68. The molecule has 0 atom stereocenters. The third kappa shape index (κ3) is 4.06. The molecule has 0 bridgehead atoms. The van der Waals surface area contributed by atoms with E-state index in [1.807, 2.05) is 24.0 Å². The summed E-state index contributed by atoms with van der Waals surface area (Å²) in [4.78, 5) is 10.1. The smallest absolute Gasteiger partial charge is 0.191 e. The van der Waals surface area contributed by atoms with Crippen molar-refractivity contribution >= 4 is 17.3 Å². The minimum absolute atomic E-state index is 0.600. The molecule has 0 fully saturated rings. The van der Waals surface area contributed by atoms with Crippen molar-refractivity contribution in [3.63, 3.8) is 0 Å². The lowest BCUT2D eigenvalue weighted by Crippen LogP contribution is -2.36. The van der Waals surface area contributed by atoms with E-state index in [0.29, 0.717) is 13.1 Å². The van der Waals surface area contributed by atoms with Crippen LogP contribution >= 0.6 is 11.3 Å². The zero-order chi connectivity index (χ0) is 14.4. The largest absolute Gasteiger partial charge is 0.357 e. The SMILES string of the molecule is CCNC(=NCc1ccnn1C)NCc1ncc(C)s1. The van der Waals surface area contributed by atoms with Gasteiger partial charge in [-0.15, -0.1) is 11.3 Å². The Bertz CT molecular complexity index is 571. The summed E-state index contributed by atoms with van der Waals surface area (Å²) in [6.07, 6.45) is 3.67. The van der Waals surface area contributed by atoms with Gasteiger partial charge in [-0.3, -0.25) is 4.68 Å². The first-order chi connectivity index (χ1) is 9.69. The van der Waals surface area contributed by atoms with Crippen molar-refractivity contribution in [1.29, 1.82) is 0 Å². The third-order valence-electron chi connectivity index (χ3n) is 2.74. The Hall–Kier alpha value is -1.89. The van der Waals surface area contributed by atoms with Crippen LogP contribution in [0.2, 0.25) is 0 Å². The number of hydrogen-bond acceptors (Lipinski definition) is 4. The zero-order valence-corrected chi connectivity index (χ0v) is 12.9. The fourth-order valence-corrected chi connectivity index (χ4v) is 2.43. The lowest BCUT2D eigenvalue weighted by Gasteiger charge is -2.10. The van der Waals surface area contributed by atoms with Crippen molar-refractivity contribution in [2.45, 2.75) is 26.9 Å². The molecule has 2 aromatic heterocycles. The van der Waals surface area contributed by atoms with Crippen molar-refractivity contribution in [2.24, 2.45) is 12.0 Å². The zero-order valence-electron chi connectivity index (χ0n) is 12.1. The molecule has 0 aliphatic rings. The minimum atomic E-state index is 0.600. The molecule has 0 aromatic carbocycles. The molecule has 0 saturated carbocycles. The van der Waals surface area contributed by atoms with Crippen LogP contribution in [-0.4, -0.2) is 27.3 Å². The highest BCUT2D eigenvalue weighted by Crippen LogP contribution is 2.10. The van der Waals surface area contributed by atoms with Crippen LogP contribution in [0.3, 0.4) is 0 Å². The Labute approximate surface area is 123 Å². The van der Waals surface area contributed by atoms with Gasteiger partial charge in [0.15, 0.2) is 5.96 Å². The van der Waals surface area contributed by atoms with Gasteiger partial charge in [0.1, 0.15) is 5.01 Å². The van der Waals surface area contributed by atoms with Crippen molar-refractivity contribution in [3.05, 3.63) is 34.0 Å². The first-order valence-corrected chi connectivity index (χ1v) is 7.41. The Morgan fingerprint density at radius 1 is 1.45 bits per heavy atom. The van der Waals surface area contributed by atoms with Crippen LogP contribution in [0.25, 0.3) is 0 Å². The van der Waals surface area contributed by atoms with E-state index in [1.165, 1.54) is 4.88 Å². The maximum absolute atomic E-state index is 4.55. The maximum atomic E-state index is 4.55. The van der Waals surface area contributed by atoms with Crippen LogP contribution in [0.4, 0.5) is 0 Å². The Kier molecular flexibility index (Phi) is 5.11. The predicted molar refractivity (Wildman–Crippen MR) is 81.7 cm³/mol. The highest BCUT2D eigenvalue weighted by molar-refractivity contribution is 7.11. The molecule has 0 aliphatic carbocycles. The summed E-state index contributed by atoms with van der Waals surface area (Å²) < 4.78 is 1.83. The Balaban J connectivity index is 1.94. The quantitative estimate of drug-likeness (QED) is 0.646. The molecule has 0 aliphatic heterocycles. The number of aryl methyl sites for hydroxylation is 2. The summed E-state index contributed by atoms with van der Waals surface area (Å²) in [6.45, 7) is 6.23. The van der Waals surface area contributed by atoms with Crippen LogP contribution in [0, 0.1) is 6.92 Å². The van der Waals surface area contributed by atoms with Crippen molar-refractivity contribution in [3.8, 4) is 0 Å². The van der Waals surface area contributed by atoms with Crippen LogP contribution in [0.1, 0.15) is 22.5 Å². The van der Waals surface area contributed by atoms with Gasteiger partial charge in [-0.2, -0.15) is 5.10 Å². The summed E-state index contributed by atoms with van der Waals surface area (Å²) in [6, 6.07) is 1.97. The summed E-state index contributed by atoms with van der Waals surface area (Å²) in [5, 5.41) is 11.7. The molecular weight excluding hydrogens is 272 g/mol. The van der Waals surface area contributed by atoms with Crippen molar-refractivity contribution in [1.82, 2.24) is 25.4 Å². The van der Waals surface area contributed by atoms with Gasteiger partial charge in [0.2, 0.25) is 0 Å². The molecule has 6 nitrogen and oxygen atoms in total. The lowest BCUT2D eigenvalue weighted by molar-refractivity contribution is 0.707. The second-order valence-electron chi connectivity index (χ2n) is 4.36. The van der Waals surface area contributed by atoms with Gasteiger partial charge in [-0.1, -0.05) is 0 Å². The number of nitrogens with zero attached hydrogens (tertiary/aromatic N) is 4. The monoisotopic (exact) mass is 292 g/mol. The van der Waals surface area contributed by atoms with E-state index < -0.39 is 0 Å². The molecule has 0 amide bonds. The number of guanidine groups is 1. The normalized spacial score (nSPS) is 11.7. The second kappa shape index (κ2) is 7.04. The van der Waals surface area contributed by atoms with E-state index in [4.69, 9.17) is 0 Å².